The van der Waals surface area contributed by atoms with Gasteiger partial charge in [0, 0.05) is 24.3 Å². The zero-order valence-electron chi connectivity index (χ0n) is 12.3. The van der Waals surface area contributed by atoms with Gasteiger partial charge in [-0.2, -0.15) is 0 Å². The minimum atomic E-state index is -1.10. The van der Waals surface area contributed by atoms with Gasteiger partial charge in [-0.25, -0.2) is 4.98 Å². The van der Waals surface area contributed by atoms with Crippen LogP contribution >= 0.6 is 11.6 Å². The topological polar surface area (TPSA) is 120 Å². The highest BCUT2D eigenvalue weighted by Gasteiger charge is 2.44. The largest absolute Gasteiger partial charge is 0.388 e. The molecule has 2 heterocycles. The number of nitrogen functional groups attached to an aromatic ring is 1. The van der Waals surface area contributed by atoms with Crippen molar-refractivity contribution in [2.45, 2.75) is 31.0 Å². The summed E-state index contributed by atoms with van der Waals surface area (Å²) >= 11 is 5.89. The molecule has 2 aromatic rings. The van der Waals surface area contributed by atoms with Crippen LogP contribution in [0.5, 0.6) is 0 Å². The van der Waals surface area contributed by atoms with E-state index in [4.69, 9.17) is 27.8 Å². The molecule has 0 spiro atoms. The average Bonchev–Trinajstić information content (AvgIpc) is 3.02. The standard InChI is InChI=1S/C15H19ClN4O3/c16-9-3-1-8(2-4-9)6-20-7-11(18)19-15(20)14-13(22)12(21)10(5-17)23-14/h1-4,7,10,12-14,21-22H,5-6,17-18H2/t10-,12-,13-,14-/m1/s1. The van der Waals surface area contributed by atoms with Crippen LogP contribution in [-0.2, 0) is 11.3 Å². The van der Waals surface area contributed by atoms with Crippen molar-refractivity contribution in [1.82, 2.24) is 9.55 Å². The molecule has 8 heteroatoms. The molecule has 4 atom stereocenters. The number of halogens is 1. The Morgan fingerprint density at radius 1 is 1.22 bits per heavy atom. The second-order valence-corrected chi connectivity index (χ2v) is 6.03. The van der Waals surface area contributed by atoms with Gasteiger partial charge < -0.3 is 31.0 Å². The van der Waals surface area contributed by atoms with Gasteiger partial charge in [0.05, 0.1) is 6.10 Å². The Morgan fingerprint density at radius 3 is 2.52 bits per heavy atom. The number of imidazole rings is 1. The molecule has 0 bridgehead atoms. The van der Waals surface area contributed by atoms with E-state index in [1.54, 1.807) is 22.9 Å². The Balaban J connectivity index is 1.87. The van der Waals surface area contributed by atoms with Gasteiger partial charge in [0.15, 0.2) is 0 Å². The smallest absolute Gasteiger partial charge is 0.144 e. The van der Waals surface area contributed by atoms with Crippen molar-refractivity contribution in [2.75, 3.05) is 12.3 Å². The number of hydrogen-bond donors (Lipinski definition) is 4. The number of nitrogens with zero attached hydrogens (tertiary/aromatic N) is 2. The summed E-state index contributed by atoms with van der Waals surface area (Å²) in [5, 5.41) is 20.8. The first-order valence-corrected chi connectivity index (χ1v) is 7.66. The van der Waals surface area contributed by atoms with Gasteiger partial charge in [-0.05, 0) is 17.7 Å². The van der Waals surface area contributed by atoms with Crippen LogP contribution in [0.1, 0.15) is 17.5 Å². The van der Waals surface area contributed by atoms with E-state index in [-0.39, 0.29) is 6.54 Å². The molecule has 0 saturated carbocycles. The third-order valence-corrected chi connectivity index (χ3v) is 4.19. The summed E-state index contributed by atoms with van der Waals surface area (Å²) in [6.07, 6.45) is -1.89. The zero-order chi connectivity index (χ0) is 16.6. The Morgan fingerprint density at radius 2 is 1.91 bits per heavy atom. The maximum absolute atomic E-state index is 10.2. The van der Waals surface area contributed by atoms with Crippen molar-refractivity contribution < 1.29 is 14.9 Å². The maximum atomic E-state index is 10.2. The molecule has 7 nitrogen and oxygen atoms in total. The minimum absolute atomic E-state index is 0.113. The third-order valence-electron chi connectivity index (χ3n) is 3.94. The summed E-state index contributed by atoms with van der Waals surface area (Å²) in [6, 6.07) is 7.38. The summed E-state index contributed by atoms with van der Waals surface area (Å²) < 4.78 is 7.44. The second-order valence-electron chi connectivity index (χ2n) is 5.59. The van der Waals surface area contributed by atoms with Crippen LogP contribution in [0.25, 0.3) is 0 Å². The summed E-state index contributed by atoms with van der Waals surface area (Å²) in [6.45, 7) is 0.606. The Bertz CT molecular complexity index is 676. The molecule has 1 aliphatic heterocycles. The first-order chi connectivity index (χ1) is 11.0. The van der Waals surface area contributed by atoms with Gasteiger partial charge in [-0.3, -0.25) is 0 Å². The summed E-state index contributed by atoms with van der Waals surface area (Å²) in [7, 11) is 0. The highest BCUT2D eigenvalue weighted by Crippen LogP contribution is 2.33. The number of aromatic nitrogens is 2. The third kappa shape index (κ3) is 3.19. The number of ether oxygens (including phenoxy) is 1. The minimum Gasteiger partial charge on any atom is -0.388 e. The van der Waals surface area contributed by atoms with E-state index < -0.39 is 24.4 Å². The maximum Gasteiger partial charge on any atom is 0.144 e. The molecule has 1 aliphatic rings. The van der Waals surface area contributed by atoms with Gasteiger partial charge >= 0.3 is 0 Å². The van der Waals surface area contributed by atoms with Crippen molar-refractivity contribution in [2.24, 2.45) is 5.73 Å². The predicted molar refractivity (Wildman–Crippen MR) is 85.9 cm³/mol. The van der Waals surface area contributed by atoms with Gasteiger partial charge in [0.1, 0.15) is 30.0 Å². The van der Waals surface area contributed by atoms with E-state index >= 15 is 0 Å². The fourth-order valence-corrected chi connectivity index (χ4v) is 2.87. The summed E-state index contributed by atoms with van der Waals surface area (Å²) in [4.78, 5) is 4.24. The van der Waals surface area contributed by atoms with E-state index in [0.29, 0.717) is 23.2 Å². The van der Waals surface area contributed by atoms with Gasteiger partial charge in [-0.15, -0.1) is 0 Å². The molecular formula is C15H19ClN4O3. The number of nitrogens with two attached hydrogens (primary N) is 2. The van der Waals surface area contributed by atoms with Crippen molar-refractivity contribution in [3.63, 3.8) is 0 Å². The molecule has 1 aromatic heterocycles. The molecule has 0 aliphatic carbocycles. The average molecular weight is 339 g/mol. The number of rotatable bonds is 4. The number of aliphatic hydroxyl groups excluding tert-OH is 2. The summed E-state index contributed by atoms with van der Waals surface area (Å²) in [5.41, 5.74) is 12.3. The molecule has 124 valence electrons. The van der Waals surface area contributed by atoms with Crippen LogP contribution in [0.2, 0.25) is 5.02 Å². The molecule has 1 fully saturated rings. The Hall–Kier alpha value is -1.64. The van der Waals surface area contributed by atoms with Gasteiger partial charge in [0.2, 0.25) is 0 Å². The van der Waals surface area contributed by atoms with Crippen molar-refractivity contribution in [3.05, 3.63) is 46.9 Å². The molecule has 6 N–H and O–H groups in total. The highest BCUT2D eigenvalue weighted by molar-refractivity contribution is 6.30. The molecule has 0 unspecified atom stereocenters. The number of aliphatic hydroxyl groups is 2. The molecule has 23 heavy (non-hydrogen) atoms. The fourth-order valence-electron chi connectivity index (χ4n) is 2.75. The molecule has 0 amide bonds. The number of benzene rings is 1. The van der Waals surface area contributed by atoms with Crippen molar-refractivity contribution in [1.29, 1.82) is 0 Å². The fraction of sp³-hybridized carbons (Fsp3) is 0.400. The van der Waals surface area contributed by atoms with Crippen molar-refractivity contribution >= 4 is 17.4 Å². The first kappa shape index (κ1) is 16.2. The van der Waals surface area contributed by atoms with E-state index in [1.807, 2.05) is 12.1 Å². The van der Waals surface area contributed by atoms with E-state index in [1.165, 1.54) is 0 Å². The molecule has 0 radical (unpaired) electrons. The Labute approximate surface area is 138 Å². The second kappa shape index (κ2) is 6.46. The number of hydrogen-bond acceptors (Lipinski definition) is 6. The van der Waals surface area contributed by atoms with Crippen LogP contribution in [0.3, 0.4) is 0 Å². The van der Waals surface area contributed by atoms with E-state index in [9.17, 15) is 10.2 Å². The van der Waals surface area contributed by atoms with Crippen molar-refractivity contribution in [3.8, 4) is 0 Å². The SMILES string of the molecule is NC[C@H]1O[C@@H](c2nc(N)cn2Cc2ccc(Cl)cc2)[C@H](O)[C@@H]1O. The predicted octanol–water partition coefficient (Wildman–Crippen LogP) is 0.287. The molecular weight excluding hydrogens is 320 g/mol. The first-order valence-electron chi connectivity index (χ1n) is 7.28. The summed E-state index contributed by atoms with van der Waals surface area (Å²) in [5.74, 6) is 0.774. The van der Waals surface area contributed by atoms with Crippen LogP contribution in [-0.4, -0.2) is 44.6 Å². The lowest BCUT2D eigenvalue weighted by Crippen LogP contribution is -2.35. The van der Waals surface area contributed by atoms with E-state index in [2.05, 4.69) is 4.98 Å². The lowest BCUT2D eigenvalue weighted by atomic mass is 10.1. The lowest BCUT2D eigenvalue weighted by molar-refractivity contribution is 0.00468. The van der Waals surface area contributed by atoms with Crippen LogP contribution in [0.15, 0.2) is 30.5 Å². The quantitative estimate of drug-likeness (QED) is 0.636. The van der Waals surface area contributed by atoms with Gasteiger partial charge in [-0.1, -0.05) is 23.7 Å². The lowest BCUT2D eigenvalue weighted by Gasteiger charge is -2.16. The Kier molecular flexibility index (Phi) is 4.56. The molecule has 1 saturated heterocycles. The number of anilines is 1. The van der Waals surface area contributed by atoms with Crippen LogP contribution < -0.4 is 11.5 Å². The van der Waals surface area contributed by atoms with Crippen LogP contribution in [0.4, 0.5) is 5.82 Å². The highest BCUT2D eigenvalue weighted by atomic mass is 35.5. The molecule has 3 rings (SSSR count). The zero-order valence-corrected chi connectivity index (χ0v) is 13.1. The normalized spacial score (nSPS) is 27.5. The monoisotopic (exact) mass is 338 g/mol. The van der Waals surface area contributed by atoms with E-state index in [0.717, 1.165) is 5.56 Å². The van der Waals surface area contributed by atoms with Crippen LogP contribution in [0, 0.1) is 0 Å². The molecule has 1 aromatic carbocycles. The van der Waals surface area contributed by atoms with Gasteiger partial charge in [0.25, 0.3) is 0 Å².